The van der Waals surface area contributed by atoms with E-state index >= 15 is 0 Å². The number of methoxy groups -OCH3 is 1. The lowest BCUT2D eigenvalue weighted by atomic mass is 9.99. The second kappa shape index (κ2) is 7.56. The van der Waals surface area contributed by atoms with Crippen molar-refractivity contribution >= 4 is 16.0 Å². The Kier molecular flexibility index (Phi) is 6.36. The quantitative estimate of drug-likeness (QED) is 0.781. The van der Waals surface area contributed by atoms with Crippen LogP contribution in [-0.2, 0) is 26.0 Å². The molecule has 5 nitrogen and oxygen atoms in total. The van der Waals surface area contributed by atoms with Gasteiger partial charge in [0.25, 0.3) is 0 Å². The molecule has 0 fully saturated rings. The Morgan fingerprint density at radius 1 is 1.19 bits per heavy atom. The highest BCUT2D eigenvalue weighted by atomic mass is 32.2. The SMILES string of the molecule is COC(=O)Cc1ccc(S(=O)(=O)NCC(C)C(C)C)cc1. The van der Waals surface area contributed by atoms with E-state index in [1.54, 1.807) is 12.1 Å². The summed E-state index contributed by atoms with van der Waals surface area (Å²) in [5.74, 6) is 0.322. The summed E-state index contributed by atoms with van der Waals surface area (Å²) in [7, 11) is -2.19. The smallest absolute Gasteiger partial charge is 0.309 e. The van der Waals surface area contributed by atoms with E-state index in [0.717, 1.165) is 5.56 Å². The molecule has 0 saturated heterocycles. The zero-order chi connectivity index (χ0) is 16.0. The van der Waals surface area contributed by atoms with Crippen LogP contribution in [0.1, 0.15) is 26.3 Å². The predicted octanol–water partition coefficient (Wildman–Crippen LogP) is 1.97. The largest absolute Gasteiger partial charge is 0.469 e. The van der Waals surface area contributed by atoms with E-state index in [1.807, 2.05) is 6.92 Å². The summed E-state index contributed by atoms with van der Waals surface area (Å²) in [6.45, 7) is 6.53. The lowest BCUT2D eigenvalue weighted by Gasteiger charge is -2.16. The van der Waals surface area contributed by atoms with Crippen molar-refractivity contribution in [2.45, 2.75) is 32.1 Å². The predicted molar refractivity (Wildman–Crippen MR) is 81.4 cm³/mol. The van der Waals surface area contributed by atoms with Crippen molar-refractivity contribution in [2.75, 3.05) is 13.7 Å². The standard InChI is InChI=1S/C15H23NO4S/c1-11(2)12(3)10-16-21(18,19)14-7-5-13(6-8-14)9-15(17)20-4/h5-8,11-12,16H,9-10H2,1-4H3. The van der Waals surface area contributed by atoms with Crippen molar-refractivity contribution in [2.24, 2.45) is 11.8 Å². The monoisotopic (exact) mass is 313 g/mol. The molecule has 0 spiro atoms. The minimum Gasteiger partial charge on any atom is -0.469 e. The lowest BCUT2D eigenvalue weighted by Crippen LogP contribution is -2.30. The highest BCUT2D eigenvalue weighted by Crippen LogP contribution is 2.13. The van der Waals surface area contributed by atoms with Gasteiger partial charge < -0.3 is 4.74 Å². The number of carbonyl (C=O) groups excluding carboxylic acids is 1. The van der Waals surface area contributed by atoms with Gasteiger partial charge in [0.1, 0.15) is 0 Å². The highest BCUT2D eigenvalue weighted by molar-refractivity contribution is 7.89. The van der Waals surface area contributed by atoms with Crippen LogP contribution in [0, 0.1) is 11.8 Å². The van der Waals surface area contributed by atoms with Crippen molar-refractivity contribution in [1.29, 1.82) is 0 Å². The van der Waals surface area contributed by atoms with E-state index in [4.69, 9.17) is 0 Å². The van der Waals surface area contributed by atoms with E-state index in [9.17, 15) is 13.2 Å². The molecule has 1 aromatic carbocycles. The molecule has 0 amide bonds. The third kappa shape index (κ3) is 5.47. The topological polar surface area (TPSA) is 72.5 Å². The van der Waals surface area contributed by atoms with Crippen LogP contribution in [0.3, 0.4) is 0 Å². The van der Waals surface area contributed by atoms with E-state index < -0.39 is 10.0 Å². The molecule has 0 aromatic heterocycles. The van der Waals surface area contributed by atoms with Gasteiger partial charge in [-0.15, -0.1) is 0 Å². The van der Waals surface area contributed by atoms with Crippen LogP contribution in [0.4, 0.5) is 0 Å². The molecule has 1 atom stereocenters. The molecule has 21 heavy (non-hydrogen) atoms. The third-order valence-corrected chi connectivity index (χ3v) is 4.98. The number of sulfonamides is 1. The Morgan fingerprint density at radius 2 is 1.76 bits per heavy atom. The van der Waals surface area contributed by atoms with Gasteiger partial charge in [-0.1, -0.05) is 32.9 Å². The molecule has 1 N–H and O–H groups in total. The summed E-state index contributed by atoms with van der Waals surface area (Å²) < 4.78 is 31.5. The molecule has 0 radical (unpaired) electrons. The van der Waals surface area contributed by atoms with Crippen LogP contribution in [0.25, 0.3) is 0 Å². The maximum Gasteiger partial charge on any atom is 0.309 e. The maximum atomic E-state index is 12.1. The normalized spacial score (nSPS) is 13.2. The molecule has 0 aliphatic heterocycles. The molecule has 118 valence electrons. The first-order valence-electron chi connectivity index (χ1n) is 6.91. The Morgan fingerprint density at radius 3 is 2.24 bits per heavy atom. The van der Waals surface area contributed by atoms with Gasteiger partial charge in [-0.25, -0.2) is 13.1 Å². The number of nitrogens with one attached hydrogen (secondary N) is 1. The van der Waals surface area contributed by atoms with Crippen molar-refractivity contribution < 1.29 is 17.9 Å². The van der Waals surface area contributed by atoms with Crippen LogP contribution in [0.5, 0.6) is 0 Å². The van der Waals surface area contributed by atoms with E-state index in [-0.39, 0.29) is 23.2 Å². The maximum absolute atomic E-state index is 12.1. The minimum absolute atomic E-state index is 0.134. The Bertz CT molecular complexity index is 564. The van der Waals surface area contributed by atoms with E-state index in [1.165, 1.54) is 19.2 Å². The fourth-order valence-corrected chi connectivity index (χ4v) is 2.73. The van der Waals surface area contributed by atoms with E-state index in [2.05, 4.69) is 23.3 Å². The van der Waals surface area contributed by atoms with Gasteiger partial charge in [-0.05, 0) is 29.5 Å². The summed E-state index contributed by atoms with van der Waals surface area (Å²) in [6, 6.07) is 6.25. The van der Waals surface area contributed by atoms with E-state index in [0.29, 0.717) is 12.5 Å². The third-order valence-electron chi connectivity index (χ3n) is 3.54. The molecule has 0 aliphatic rings. The highest BCUT2D eigenvalue weighted by Gasteiger charge is 2.16. The van der Waals surface area contributed by atoms with Gasteiger partial charge in [0.2, 0.25) is 10.0 Å². The number of benzene rings is 1. The van der Waals surface area contributed by atoms with Crippen molar-refractivity contribution in [3.8, 4) is 0 Å². The summed E-state index contributed by atoms with van der Waals surface area (Å²) in [6.07, 6.45) is 0.134. The summed E-state index contributed by atoms with van der Waals surface area (Å²) in [4.78, 5) is 11.4. The zero-order valence-electron chi connectivity index (χ0n) is 12.9. The van der Waals surface area contributed by atoms with Crippen LogP contribution >= 0.6 is 0 Å². The average molecular weight is 313 g/mol. The van der Waals surface area contributed by atoms with Gasteiger partial charge in [0.15, 0.2) is 0 Å². The molecular weight excluding hydrogens is 290 g/mol. The van der Waals surface area contributed by atoms with Crippen molar-refractivity contribution in [3.05, 3.63) is 29.8 Å². The molecule has 1 aromatic rings. The first-order chi connectivity index (χ1) is 9.76. The fraction of sp³-hybridized carbons (Fsp3) is 0.533. The number of hydrogen-bond donors (Lipinski definition) is 1. The number of ether oxygens (including phenoxy) is 1. The molecular formula is C15H23NO4S. The van der Waals surface area contributed by atoms with Crippen LogP contribution in [0.15, 0.2) is 29.2 Å². The Balaban J connectivity index is 2.73. The van der Waals surface area contributed by atoms with Gasteiger partial charge >= 0.3 is 5.97 Å². The summed E-state index contributed by atoms with van der Waals surface area (Å²) in [5.41, 5.74) is 0.719. The van der Waals surface area contributed by atoms with Crippen molar-refractivity contribution in [3.63, 3.8) is 0 Å². The molecule has 0 saturated carbocycles. The number of rotatable bonds is 7. The first kappa shape index (κ1) is 17.7. The van der Waals surface area contributed by atoms with Crippen molar-refractivity contribution in [1.82, 2.24) is 4.72 Å². The molecule has 1 unspecified atom stereocenters. The van der Waals surface area contributed by atoms with Crippen LogP contribution < -0.4 is 4.72 Å². The van der Waals surface area contributed by atoms with Crippen LogP contribution in [0.2, 0.25) is 0 Å². The summed E-state index contributed by atoms with van der Waals surface area (Å²) in [5, 5.41) is 0. The summed E-state index contributed by atoms with van der Waals surface area (Å²) >= 11 is 0. The minimum atomic E-state index is -3.51. The Hall–Kier alpha value is -1.40. The average Bonchev–Trinajstić information content (AvgIpc) is 2.45. The number of carbonyl (C=O) groups is 1. The number of esters is 1. The van der Waals surface area contributed by atoms with Crippen LogP contribution in [-0.4, -0.2) is 28.0 Å². The van der Waals surface area contributed by atoms with Gasteiger partial charge in [0.05, 0.1) is 18.4 Å². The lowest BCUT2D eigenvalue weighted by molar-refractivity contribution is -0.139. The first-order valence-corrected chi connectivity index (χ1v) is 8.40. The molecule has 0 heterocycles. The number of hydrogen-bond acceptors (Lipinski definition) is 4. The molecule has 0 aliphatic carbocycles. The molecule has 0 bridgehead atoms. The fourth-order valence-electron chi connectivity index (χ4n) is 1.59. The molecule has 1 rings (SSSR count). The van der Waals surface area contributed by atoms with Gasteiger partial charge in [-0.2, -0.15) is 0 Å². The second-order valence-electron chi connectivity index (χ2n) is 5.47. The van der Waals surface area contributed by atoms with Gasteiger partial charge in [0, 0.05) is 6.54 Å². The zero-order valence-corrected chi connectivity index (χ0v) is 13.7. The Labute approximate surface area is 126 Å². The van der Waals surface area contributed by atoms with Gasteiger partial charge in [-0.3, -0.25) is 4.79 Å². The molecule has 6 heteroatoms. The second-order valence-corrected chi connectivity index (χ2v) is 7.24.